The zero-order valence-electron chi connectivity index (χ0n) is 14.5. The maximum atomic E-state index is 11.9. The molecule has 0 spiro atoms. The topological polar surface area (TPSA) is 110 Å². The van der Waals surface area contributed by atoms with Crippen LogP contribution in [0, 0.1) is 5.92 Å². The van der Waals surface area contributed by atoms with E-state index in [9.17, 15) is 9.59 Å². The summed E-state index contributed by atoms with van der Waals surface area (Å²) in [5.74, 6) is 0.876. The van der Waals surface area contributed by atoms with Gasteiger partial charge in [0.25, 0.3) is 0 Å². The zero-order valence-corrected chi connectivity index (χ0v) is 16.1. The molecule has 1 fully saturated rings. The van der Waals surface area contributed by atoms with Gasteiger partial charge < -0.3 is 11.1 Å². The van der Waals surface area contributed by atoms with E-state index in [1.807, 2.05) is 0 Å². The van der Waals surface area contributed by atoms with E-state index in [1.165, 1.54) is 22.2 Å². The second kappa shape index (κ2) is 7.03. The number of rotatable bonds is 4. The number of urea groups is 1. The molecule has 1 saturated carbocycles. The van der Waals surface area contributed by atoms with E-state index < -0.39 is 6.03 Å². The smallest absolute Gasteiger partial charge is 0.321 e. The molecule has 4 N–H and O–H groups in total. The molecule has 26 heavy (non-hydrogen) atoms. The Morgan fingerprint density at radius 2 is 2.12 bits per heavy atom. The lowest BCUT2D eigenvalue weighted by molar-refractivity contribution is -0.117. The molecule has 4 rings (SSSR count). The SMILES string of the molecule is CC1CCc2c(sc3nc(SCC(=O)NC(=O)NC4CC4)nc(N)c23)C1. The average Bonchev–Trinajstić information content (AvgIpc) is 3.30. The summed E-state index contributed by atoms with van der Waals surface area (Å²) in [6, 6.07) is -0.220. The van der Waals surface area contributed by atoms with E-state index in [4.69, 9.17) is 5.73 Å². The molecule has 0 aliphatic heterocycles. The molecule has 1 atom stereocenters. The van der Waals surface area contributed by atoms with Gasteiger partial charge in [-0.15, -0.1) is 11.3 Å². The van der Waals surface area contributed by atoms with Gasteiger partial charge in [-0.25, -0.2) is 14.8 Å². The lowest BCUT2D eigenvalue weighted by atomic mass is 9.89. The number of aryl methyl sites for hydroxylation is 1. The number of aromatic nitrogens is 2. The second-order valence-electron chi connectivity index (χ2n) is 7.01. The number of hydrogen-bond acceptors (Lipinski definition) is 7. The van der Waals surface area contributed by atoms with Crippen LogP contribution in [0.2, 0.25) is 0 Å². The number of amides is 3. The van der Waals surface area contributed by atoms with Gasteiger partial charge in [-0.1, -0.05) is 18.7 Å². The molecule has 2 aromatic rings. The molecule has 0 radical (unpaired) electrons. The summed E-state index contributed by atoms with van der Waals surface area (Å²) in [6.07, 6.45) is 5.21. The van der Waals surface area contributed by atoms with Crippen LogP contribution >= 0.6 is 23.1 Å². The van der Waals surface area contributed by atoms with Crippen molar-refractivity contribution in [3.63, 3.8) is 0 Å². The van der Waals surface area contributed by atoms with Crippen molar-refractivity contribution < 1.29 is 9.59 Å². The van der Waals surface area contributed by atoms with Gasteiger partial charge in [0.15, 0.2) is 5.16 Å². The van der Waals surface area contributed by atoms with Crippen LogP contribution in [0.25, 0.3) is 10.2 Å². The molecule has 1 unspecified atom stereocenters. The number of nitrogen functional groups attached to an aromatic ring is 1. The zero-order chi connectivity index (χ0) is 18.3. The predicted octanol–water partition coefficient (Wildman–Crippen LogP) is 2.48. The van der Waals surface area contributed by atoms with Crippen LogP contribution in [-0.4, -0.2) is 33.7 Å². The van der Waals surface area contributed by atoms with Crippen molar-refractivity contribution in [2.24, 2.45) is 5.92 Å². The number of imide groups is 1. The highest BCUT2D eigenvalue weighted by Crippen LogP contribution is 2.39. The van der Waals surface area contributed by atoms with E-state index in [-0.39, 0.29) is 17.7 Å². The summed E-state index contributed by atoms with van der Waals surface area (Å²) < 4.78 is 0. The summed E-state index contributed by atoms with van der Waals surface area (Å²) in [4.78, 5) is 34.7. The Morgan fingerprint density at radius 1 is 1.31 bits per heavy atom. The first-order valence-electron chi connectivity index (χ1n) is 8.80. The largest absolute Gasteiger partial charge is 0.383 e. The summed E-state index contributed by atoms with van der Waals surface area (Å²) >= 11 is 2.87. The Bertz CT molecular complexity index is 878. The third kappa shape index (κ3) is 3.78. The van der Waals surface area contributed by atoms with Crippen LogP contribution in [0.5, 0.6) is 0 Å². The van der Waals surface area contributed by atoms with E-state index in [0.717, 1.165) is 42.3 Å². The van der Waals surface area contributed by atoms with E-state index >= 15 is 0 Å². The number of carbonyl (C=O) groups is 2. The number of hydrogen-bond donors (Lipinski definition) is 3. The number of anilines is 1. The van der Waals surface area contributed by atoms with E-state index in [1.54, 1.807) is 11.3 Å². The van der Waals surface area contributed by atoms with Crippen LogP contribution in [-0.2, 0) is 17.6 Å². The molecular weight excluding hydrogens is 370 g/mol. The van der Waals surface area contributed by atoms with Crippen molar-refractivity contribution in [3.05, 3.63) is 10.4 Å². The number of thioether (sulfide) groups is 1. The lowest BCUT2D eigenvalue weighted by Gasteiger charge is -2.17. The number of fused-ring (bicyclic) bond motifs is 3. The van der Waals surface area contributed by atoms with Gasteiger partial charge in [0, 0.05) is 10.9 Å². The Balaban J connectivity index is 1.43. The molecule has 2 heterocycles. The van der Waals surface area contributed by atoms with Crippen LogP contribution in [0.4, 0.5) is 10.6 Å². The van der Waals surface area contributed by atoms with Crippen LogP contribution in [0.3, 0.4) is 0 Å². The molecule has 2 aliphatic carbocycles. The molecule has 9 heteroatoms. The van der Waals surface area contributed by atoms with Gasteiger partial charge in [-0.2, -0.15) is 0 Å². The van der Waals surface area contributed by atoms with Crippen molar-refractivity contribution in [2.45, 2.75) is 50.2 Å². The third-order valence-corrected chi connectivity index (χ3v) is 6.66. The Kier molecular flexibility index (Phi) is 4.74. The minimum absolute atomic E-state index is 0.0746. The van der Waals surface area contributed by atoms with Gasteiger partial charge >= 0.3 is 6.03 Å². The summed E-state index contributed by atoms with van der Waals surface area (Å²) in [6.45, 7) is 2.27. The minimum atomic E-state index is -0.436. The number of nitrogens with two attached hydrogens (primary N) is 1. The van der Waals surface area contributed by atoms with Crippen molar-refractivity contribution in [1.82, 2.24) is 20.6 Å². The number of nitrogens with one attached hydrogen (secondary N) is 2. The van der Waals surface area contributed by atoms with Crippen molar-refractivity contribution in [3.8, 4) is 0 Å². The summed E-state index contributed by atoms with van der Waals surface area (Å²) in [5, 5.41) is 6.49. The monoisotopic (exact) mass is 391 g/mol. The normalized spacial score (nSPS) is 19.2. The van der Waals surface area contributed by atoms with E-state index in [2.05, 4.69) is 27.5 Å². The van der Waals surface area contributed by atoms with Gasteiger partial charge in [0.1, 0.15) is 10.6 Å². The Morgan fingerprint density at radius 3 is 2.88 bits per heavy atom. The first-order chi connectivity index (χ1) is 12.5. The third-order valence-electron chi connectivity index (χ3n) is 4.66. The molecule has 7 nitrogen and oxygen atoms in total. The standard InChI is InChI=1S/C17H21N5O2S2/c1-8-2-5-10-11(6-8)26-15-13(10)14(18)21-17(22-15)25-7-12(23)20-16(24)19-9-3-4-9/h8-9H,2-7H2,1H3,(H2,18,21,22)(H2,19,20,23,24). The maximum Gasteiger partial charge on any atom is 0.321 e. The van der Waals surface area contributed by atoms with Gasteiger partial charge in [-0.3, -0.25) is 10.1 Å². The van der Waals surface area contributed by atoms with Crippen LogP contribution in [0.1, 0.15) is 36.6 Å². The van der Waals surface area contributed by atoms with Crippen LogP contribution in [0.15, 0.2) is 5.16 Å². The molecule has 3 amide bonds. The molecule has 2 aliphatic rings. The fraction of sp³-hybridized carbons (Fsp3) is 0.529. The first kappa shape index (κ1) is 17.5. The molecule has 0 aromatic carbocycles. The van der Waals surface area contributed by atoms with Gasteiger partial charge in [0.05, 0.1) is 11.1 Å². The van der Waals surface area contributed by atoms with Gasteiger partial charge in [-0.05, 0) is 43.6 Å². The predicted molar refractivity (Wildman–Crippen MR) is 103 cm³/mol. The maximum absolute atomic E-state index is 11.9. The fourth-order valence-electron chi connectivity index (χ4n) is 3.16. The molecule has 0 saturated heterocycles. The Labute approximate surface area is 159 Å². The first-order valence-corrected chi connectivity index (χ1v) is 10.6. The van der Waals surface area contributed by atoms with Crippen LogP contribution < -0.4 is 16.4 Å². The number of thiophene rings is 1. The quantitative estimate of drug-likeness (QED) is 0.546. The highest BCUT2D eigenvalue weighted by Gasteiger charge is 2.25. The van der Waals surface area contributed by atoms with E-state index in [0.29, 0.717) is 16.9 Å². The summed E-state index contributed by atoms with van der Waals surface area (Å²) in [5.41, 5.74) is 7.48. The number of carbonyl (C=O) groups excluding carboxylic acids is 2. The number of nitrogens with zero attached hydrogens (tertiary/aromatic N) is 2. The molecule has 138 valence electrons. The molecule has 2 aromatic heterocycles. The van der Waals surface area contributed by atoms with Crippen molar-refractivity contribution >= 4 is 51.1 Å². The molecular formula is C17H21N5O2S2. The fourth-order valence-corrected chi connectivity index (χ4v) is 5.26. The minimum Gasteiger partial charge on any atom is -0.383 e. The Hall–Kier alpha value is -1.87. The average molecular weight is 392 g/mol. The van der Waals surface area contributed by atoms with Gasteiger partial charge in [0.2, 0.25) is 5.91 Å². The van der Waals surface area contributed by atoms with Crippen molar-refractivity contribution in [2.75, 3.05) is 11.5 Å². The highest BCUT2D eigenvalue weighted by atomic mass is 32.2. The highest BCUT2D eigenvalue weighted by molar-refractivity contribution is 7.99. The second-order valence-corrected chi connectivity index (χ2v) is 9.03. The van der Waals surface area contributed by atoms with Crippen molar-refractivity contribution in [1.29, 1.82) is 0 Å². The summed E-state index contributed by atoms with van der Waals surface area (Å²) in [7, 11) is 0. The lowest BCUT2D eigenvalue weighted by Crippen LogP contribution is -2.41. The molecule has 0 bridgehead atoms.